The first-order valence-corrected chi connectivity index (χ1v) is 5.48. The van der Waals surface area contributed by atoms with Crippen LogP contribution >= 0.6 is 0 Å². The maximum absolute atomic E-state index is 10.3. The van der Waals surface area contributed by atoms with E-state index >= 15 is 0 Å². The zero-order valence-electron chi connectivity index (χ0n) is 9.83. The second-order valence-electron chi connectivity index (χ2n) is 4.52. The summed E-state index contributed by atoms with van der Waals surface area (Å²) >= 11 is 0. The van der Waals surface area contributed by atoms with E-state index in [1.807, 2.05) is 38.1 Å². The first-order chi connectivity index (χ1) is 7.03. The van der Waals surface area contributed by atoms with Gasteiger partial charge in [0.1, 0.15) is 0 Å². The van der Waals surface area contributed by atoms with Gasteiger partial charge in [-0.15, -0.1) is 0 Å². The summed E-state index contributed by atoms with van der Waals surface area (Å²) in [6.07, 6.45) is 0.395. The Labute approximate surface area is 92.1 Å². The Bertz CT molecular complexity index is 301. The van der Waals surface area contributed by atoms with E-state index < -0.39 is 6.10 Å². The minimum Gasteiger partial charge on any atom is -0.388 e. The van der Waals surface area contributed by atoms with Crippen molar-refractivity contribution in [2.45, 2.75) is 33.3 Å². The van der Waals surface area contributed by atoms with Gasteiger partial charge in [0.05, 0.1) is 6.10 Å². The van der Waals surface area contributed by atoms with E-state index in [2.05, 4.69) is 6.92 Å². The first kappa shape index (κ1) is 12.2. The molecule has 3 N–H and O–H groups in total. The third kappa shape index (κ3) is 2.58. The molecule has 1 aromatic carbocycles. The molecule has 0 aromatic heterocycles. The Kier molecular flexibility index (Phi) is 3.89. The van der Waals surface area contributed by atoms with Crippen LogP contribution in [0.4, 0.5) is 0 Å². The van der Waals surface area contributed by atoms with Crippen LogP contribution in [0.2, 0.25) is 0 Å². The summed E-state index contributed by atoms with van der Waals surface area (Å²) in [6.45, 7) is 6.62. The fraction of sp³-hybridized carbons (Fsp3) is 0.538. The number of aryl methyl sites for hydroxylation is 1. The number of hydrogen-bond donors (Lipinski definition) is 2. The fourth-order valence-corrected chi connectivity index (χ4v) is 1.60. The fourth-order valence-electron chi connectivity index (χ4n) is 1.60. The molecule has 2 nitrogen and oxygen atoms in total. The molecule has 0 radical (unpaired) electrons. The van der Waals surface area contributed by atoms with Crippen molar-refractivity contribution in [3.8, 4) is 0 Å². The Morgan fingerprint density at radius 3 is 2.27 bits per heavy atom. The summed E-state index contributed by atoms with van der Waals surface area (Å²) in [4.78, 5) is 0. The highest BCUT2D eigenvalue weighted by atomic mass is 16.3. The average molecular weight is 207 g/mol. The maximum atomic E-state index is 10.3. The van der Waals surface area contributed by atoms with Gasteiger partial charge in [-0.2, -0.15) is 0 Å². The lowest BCUT2D eigenvalue weighted by Crippen LogP contribution is -2.33. The smallest absolute Gasteiger partial charge is 0.0855 e. The van der Waals surface area contributed by atoms with Crippen molar-refractivity contribution < 1.29 is 5.11 Å². The molecule has 0 bridgehead atoms. The van der Waals surface area contributed by atoms with Crippen LogP contribution in [0.5, 0.6) is 0 Å². The maximum Gasteiger partial charge on any atom is 0.0855 e. The molecular weight excluding hydrogens is 186 g/mol. The van der Waals surface area contributed by atoms with Gasteiger partial charge in [-0.25, -0.2) is 0 Å². The zero-order valence-corrected chi connectivity index (χ0v) is 9.83. The predicted molar refractivity (Wildman–Crippen MR) is 63.6 cm³/mol. The third-order valence-electron chi connectivity index (χ3n) is 3.33. The number of aliphatic hydroxyl groups excluding tert-OH is 1. The molecule has 0 saturated heterocycles. The van der Waals surface area contributed by atoms with E-state index in [9.17, 15) is 5.11 Å². The Morgan fingerprint density at radius 1 is 1.33 bits per heavy atom. The van der Waals surface area contributed by atoms with Crippen molar-refractivity contribution in [1.29, 1.82) is 0 Å². The summed E-state index contributed by atoms with van der Waals surface area (Å²) in [5.41, 5.74) is 7.66. The standard InChI is InChI=1S/C13H21NO/c1-4-13(3,9-14)12(15)11-7-5-10(2)6-8-11/h5-8,12,15H,4,9,14H2,1-3H3. The molecule has 0 saturated carbocycles. The lowest BCUT2D eigenvalue weighted by molar-refractivity contribution is 0.0391. The summed E-state index contributed by atoms with van der Waals surface area (Å²) in [5.74, 6) is 0. The predicted octanol–water partition coefficient (Wildman–Crippen LogP) is 2.40. The SMILES string of the molecule is CCC(C)(CN)C(O)c1ccc(C)cc1. The van der Waals surface area contributed by atoms with E-state index in [4.69, 9.17) is 5.73 Å². The van der Waals surface area contributed by atoms with Crippen molar-refractivity contribution in [2.24, 2.45) is 11.1 Å². The molecule has 15 heavy (non-hydrogen) atoms. The van der Waals surface area contributed by atoms with Gasteiger partial charge >= 0.3 is 0 Å². The molecule has 0 aliphatic heterocycles. The van der Waals surface area contributed by atoms with Crippen LogP contribution in [0, 0.1) is 12.3 Å². The molecule has 1 rings (SSSR count). The molecular formula is C13H21NO. The molecule has 0 aliphatic rings. The highest BCUT2D eigenvalue weighted by Crippen LogP contribution is 2.35. The zero-order chi connectivity index (χ0) is 11.5. The van der Waals surface area contributed by atoms with Gasteiger partial charge < -0.3 is 10.8 Å². The van der Waals surface area contributed by atoms with E-state index in [-0.39, 0.29) is 5.41 Å². The van der Waals surface area contributed by atoms with E-state index in [0.29, 0.717) is 6.54 Å². The number of nitrogens with two attached hydrogens (primary N) is 1. The van der Waals surface area contributed by atoms with Crippen LogP contribution in [0.25, 0.3) is 0 Å². The number of hydrogen-bond acceptors (Lipinski definition) is 2. The van der Waals surface area contributed by atoms with Gasteiger partial charge in [0, 0.05) is 12.0 Å². The third-order valence-corrected chi connectivity index (χ3v) is 3.33. The summed E-state index contributed by atoms with van der Waals surface area (Å²) < 4.78 is 0. The van der Waals surface area contributed by atoms with Crippen LogP contribution < -0.4 is 5.73 Å². The molecule has 0 spiro atoms. The number of aliphatic hydroxyl groups is 1. The molecule has 84 valence electrons. The van der Waals surface area contributed by atoms with Crippen molar-refractivity contribution in [2.75, 3.05) is 6.54 Å². The first-order valence-electron chi connectivity index (χ1n) is 5.48. The molecule has 2 atom stereocenters. The van der Waals surface area contributed by atoms with Crippen LogP contribution in [-0.2, 0) is 0 Å². The van der Waals surface area contributed by atoms with Crippen LogP contribution in [-0.4, -0.2) is 11.7 Å². The topological polar surface area (TPSA) is 46.2 Å². The van der Waals surface area contributed by atoms with E-state index in [1.165, 1.54) is 5.56 Å². The Hall–Kier alpha value is -0.860. The van der Waals surface area contributed by atoms with Crippen molar-refractivity contribution in [3.05, 3.63) is 35.4 Å². The van der Waals surface area contributed by atoms with Gasteiger partial charge in [-0.1, -0.05) is 43.7 Å². The molecule has 2 heteroatoms. The summed E-state index contributed by atoms with van der Waals surface area (Å²) in [5, 5.41) is 10.3. The van der Waals surface area contributed by atoms with Gasteiger partial charge in [0.25, 0.3) is 0 Å². The van der Waals surface area contributed by atoms with E-state index in [1.54, 1.807) is 0 Å². The molecule has 0 fully saturated rings. The minimum absolute atomic E-state index is 0.227. The number of benzene rings is 1. The Morgan fingerprint density at radius 2 is 1.87 bits per heavy atom. The van der Waals surface area contributed by atoms with Gasteiger partial charge in [0.2, 0.25) is 0 Å². The normalized spacial score (nSPS) is 17.1. The molecule has 2 unspecified atom stereocenters. The van der Waals surface area contributed by atoms with Gasteiger partial charge in [-0.05, 0) is 18.9 Å². The lowest BCUT2D eigenvalue weighted by Gasteiger charge is -2.32. The monoisotopic (exact) mass is 207 g/mol. The van der Waals surface area contributed by atoms with Crippen LogP contribution in [0.1, 0.15) is 37.5 Å². The lowest BCUT2D eigenvalue weighted by atomic mass is 9.78. The average Bonchev–Trinajstić information content (AvgIpc) is 2.28. The van der Waals surface area contributed by atoms with Gasteiger partial charge in [0.15, 0.2) is 0 Å². The molecule has 0 aliphatic carbocycles. The summed E-state index contributed by atoms with van der Waals surface area (Å²) in [7, 11) is 0. The van der Waals surface area contributed by atoms with Crippen LogP contribution in [0.15, 0.2) is 24.3 Å². The van der Waals surface area contributed by atoms with Crippen molar-refractivity contribution in [3.63, 3.8) is 0 Å². The van der Waals surface area contributed by atoms with Crippen molar-refractivity contribution >= 4 is 0 Å². The van der Waals surface area contributed by atoms with Gasteiger partial charge in [-0.3, -0.25) is 0 Å². The second kappa shape index (κ2) is 4.77. The molecule has 0 amide bonds. The Balaban J connectivity index is 2.92. The quantitative estimate of drug-likeness (QED) is 0.796. The summed E-state index contributed by atoms with van der Waals surface area (Å²) in [6, 6.07) is 7.99. The second-order valence-corrected chi connectivity index (χ2v) is 4.52. The highest BCUT2D eigenvalue weighted by Gasteiger charge is 2.30. The highest BCUT2D eigenvalue weighted by molar-refractivity contribution is 5.24. The van der Waals surface area contributed by atoms with E-state index in [0.717, 1.165) is 12.0 Å². The number of rotatable bonds is 4. The van der Waals surface area contributed by atoms with Crippen molar-refractivity contribution in [1.82, 2.24) is 0 Å². The molecule has 0 heterocycles. The molecule has 1 aromatic rings. The minimum atomic E-state index is -0.479. The largest absolute Gasteiger partial charge is 0.388 e. The van der Waals surface area contributed by atoms with Crippen LogP contribution in [0.3, 0.4) is 0 Å².